The van der Waals surface area contributed by atoms with Gasteiger partial charge in [0.25, 0.3) is 0 Å². The van der Waals surface area contributed by atoms with Crippen molar-refractivity contribution in [3.8, 4) is 0 Å². The van der Waals surface area contributed by atoms with Gasteiger partial charge in [0, 0.05) is 0 Å². The fourth-order valence-corrected chi connectivity index (χ4v) is 4.46. The van der Waals surface area contributed by atoms with E-state index in [4.69, 9.17) is 19.6 Å². The first-order valence-corrected chi connectivity index (χ1v) is 9.09. The first-order valence-electron chi connectivity index (χ1n) is 5.73. The summed E-state index contributed by atoms with van der Waals surface area (Å²) in [5.41, 5.74) is 0. The largest absolute Gasteiger partial charge is 0.340 e. The van der Waals surface area contributed by atoms with E-state index in [1.807, 2.05) is 13.8 Å². The second-order valence-electron chi connectivity index (χ2n) is 4.31. The summed E-state index contributed by atoms with van der Waals surface area (Å²) < 4.78 is 22.2. The molecule has 0 heterocycles. The lowest BCUT2D eigenvalue weighted by molar-refractivity contribution is 0.318. The molecule has 17 heavy (non-hydrogen) atoms. The Morgan fingerprint density at radius 1 is 1.00 bits per heavy atom. The molecule has 0 aromatic heterocycles. The molecule has 8 heteroatoms. The van der Waals surface area contributed by atoms with E-state index < -0.39 is 20.6 Å². The molecule has 1 unspecified atom stereocenters. The van der Waals surface area contributed by atoms with Crippen LogP contribution in [0.1, 0.15) is 46.0 Å². The van der Waals surface area contributed by atoms with Crippen LogP contribution in [0.3, 0.4) is 0 Å². The molecule has 104 valence electrons. The van der Waals surface area contributed by atoms with Crippen LogP contribution in [0, 0.1) is 5.92 Å². The Bertz CT molecular complexity index is 285. The summed E-state index contributed by atoms with van der Waals surface area (Å²) in [7, 11) is -9.52. The van der Waals surface area contributed by atoms with Crippen LogP contribution < -0.4 is 0 Å². The zero-order chi connectivity index (χ0) is 13.7. The molecular weight excluding hydrogens is 266 g/mol. The van der Waals surface area contributed by atoms with Crippen molar-refractivity contribution < 1.29 is 28.7 Å². The summed E-state index contributed by atoms with van der Waals surface area (Å²) >= 11 is 0. The van der Waals surface area contributed by atoms with Crippen molar-refractivity contribution in [2.24, 2.45) is 5.92 Å². The maximum Gasteiger partial charge on any atom is 0.340 e. The van der Waals surface area contributed by atoms with Crippen molar-refractivity contribution in [3.05, 3.63) is 0 Å². The summed E-state index contributed by atoms with van der Waals surface area (Å²) in [6, 6.07) is 0. The molecule has 0 aromatic rings. The van der Waals surface area contributed by atoms with Gasteiger partial charge in [-0.1, -0.05) is 39.5 Å². The van der Waals surface area contributed by atoms with Gasteiger partial charge in [0.15, 0.2) is 5.40 Å². The fourth-order valence-electron chi connectivity index (χ4n) is 1.75. The first kappa shape index (κ1) is 17.3. The summed E-state index contributed by atoms with van der Waals surface area (Å²) in [5.74, 6) is -0.0554. The lowest BCUT2D eigenvalue weighted by Crippen LogP contribution is -2.15. The molecule has 0 rings (SSSR count). The van der Waals surface area contributed by atoms with Gasteiger partial charge in [-0.25, -0.2) is 0 Å². The Kier molecular flexibility index (Phi) is 7.15. The van der Waals surface area contributed by atoms with E-state index in [-0.39, 0.29) is 12.3 Å². The normalized spacial score (nSPS) is 15.2. The van der Waals surface area contributed by atoms with Gasteiger partial charge in [-0.2, -0.15) is 0 Å². The number of hydrogen-bond donors (Lipinski definition) is 4. The monoisotopic (exact) mass is 288 g/mol. The predicted molar refractivity (Wildman–Crippen MR) is 65.8 cm³/mol. The molecule has 0 saturated carbocycles. The lowest BCUT2D eigenvalue weighted by atomic mass is 9.97. The van der Waals surface area contributed by atoms with Gasteiger partial charge in [0.05, 0.1) is 0 Å². The molecule has 0 aromatic carbocycles. The van der Waals surface area contributed by atoms with Crippen LogP contribution in [-0.4, -0.2) is 25.0 Å². The molecule has 0 bridgehead atoms. The quantitative estimate of drug-likeness (QED) is 0.509. The smallest absolute Gasteiger partial charge is 0.324 e. The molecule has 0 radical (unpaired) electrons. The summed E-state index contributed by atoms with van der Waals surface area (Å²) in [6.07, 6.45) is 3.13. The van der Waals surface area contributed by atoms with Gasteiger partial charge in [-0.3, -0.25) is 9.13 Å². The first-order chi connectivity index (χ1) is 7.62. The lowest BCUT2D eigenvalue weighted by Gasteiger charge is -2.24. The van der Waals surface area contributed by atoms with Crippen molar-refractivity contribution in [2.75, 3.05) is 0 Å². The molecular formula is C9H22O6P2. The molecule has 0 amide bonds. The molecule has 4 N–H and O–H groups in total. The zero-order valence-electron chi connectivity index (χ0n) is 10.2. The van der Waals surface area contributed by atoms with E-state index in [1.165, 1.54) is 0 Å². The average molecular weight is 288 g/mol. The van der Waals surface area contributed by atoms with Crippen LogP contribution in [0.25, 0.3) is 0 Å². The minimum atomic E-state index is -4.76. The molecule has 6 nitrogen and oxygen atoms in total. The maximum absolute atomic E-state index is 11.1. The number of unbranched alkanes of at least 4 members (excludes halogenated alkanes) is 1. The van der Waals surface area contributed by atoms with Crippen LogP contribution in [0.4, 0.5) is 0 Å². The Balaban J connectivity index is 4.75. The highest BCUT2D eigenvalue weighted by molar-refractivity contribution is 7.70. The van der Waals surface area contributed by atoms with Crippen LogP contribution in [0.5, 0.6) is 0 Å². The molecule has 0 aliphatic carbocycles. The Labute approximate surface area is 102 Å². The molecule has 0 aliphatic heterocycles. The summed E-state index contributed by atoms with van der Waals surface area (Å²) in [4.78, 5) is 36.0. The van der Waals surface area contributed by atoms with E-state index in [0.717, 1.165) is 19.3 Å². The Morgan fingerprint density at radius 2 is 1.47 bits per heavy atom. The molecule has 0 fully saturated rings. The van der Waals surface area contributed by atoms with Gasteiger partial charge in [0.1, 0.15) is 0 Å². The van der Waals surface area contributed by atoms with Gasteiger partial charge in [-0.05, 0) is 12.3 Å². The van der Waals surface area contributed by atoms with Crippen molar-refractivity contribution in [3.63, 3.8) is 0 Å². The van der Waals surface area contributed by atoms with Crippen LogP contribution in [0.2, 0.25) is 0 Å². The second kappa shape index (κ2) is 7.03. The van der Waals surface area contributed by atoms with Crippen LogP contribution in [0.15, 0.2) is 0 Å². The zero-order valence-corrected chi connectivity index (χ0v) is 12.0. The van der Waals surface area contributed by atoms with Crippen LogP contribution in [-0.2, 0) is 9.13 Å². The third kappa shape index (κ3) is 6.70. The molecule has 0 spiro atoms. The maximum atomic E-state index is 11.1. The third-order valence-electron chi connectivity index (χ3n) is 2.86. The molecule has 1 atom stereocenters. The van der Waals surface area contributed by atoms with Crippen molar-refractivity contribution >= 4 is 15.2 Å². The van der Waals surface area contributed by atoms with E-state index in [0.29, 0.717) is 6.42 Å². The Morgan fingerprint density at radius 3 is 1.76 bits per heavy atom. The minimum absolute atomic E-state index is 0.0554. The second-order valence-corrected chi connectivity index (χ2v) is 8.32. The van der Waals surface area contributed by atoms with E-state index in [1.54, 1.807) is 0 Å². The number of rotatable bonds is 8. The van der Waals surface area contributed by atoms with Crippen molar-refractivity contribution in [1.29, 1.82) is 0 Å². The SMILES string of the molecule is CCCCC(CC)CC(P(=O)(O)O)P(=O)(O)O. The highest BCUT2D eigenvalue weighted by atomic mass is 31.2. The van der Waals surface area contributed by atoms with E-state index in [2.05, 4.69) is 0 Å². The number of hydrogen-bond acceptors (Lipinski definition) is 2. The van der Waals surface area contributed by atoms with Crippen molar-refractivity contribution in [2.45, 2.75) is 51.4 Å². The van der Waals surface area contributed by atoms with Gasteiger partial charge >= 0.3 is 15.2 Å². The van der Waals surface area contributed by atoms with E-state index in [9.17, 15) is 9.13 Å². The highest BCUT2D eigenvalue weighted by Crippen LogP contribution is 2.62. The molecule has 0 aliphatic rings. The topological polar surface area (TPSA) is 115 Å². The highest BCUT2D eigenvalue weighted by Gasteiger charge is 2.43. The summed E-state index contributed by atoms with van der Waals surface area (Å²) in [6.45, 7) is 3.85. The minimum Gasteiger partial charge on any atom is -0.324 e. The van der Waals surface area contributed by atoms with Gasteiger partial charge < -0.3 is 19.6 Å². The van der Waals surface area contributed by atoms with Crippen LogP contribution >= 0.6 is 15.2 Å². The fraction of sp³-hybridized carbons (Fsp3) is 1.00. The Hall–Kier alpha value is 0.300. The standard InChI is InChI=1S/C9H22O6P2/c1-3-5-6-8(4-2)7-9(16(10,11)12)17(13,14)15/h8-9H,3-7H2,1-2H3,(H2,10,11,12)(H2,13,14,15). The molecule has 0 saturated heterocycles. The predicted octanol–water partition coefficient (Wildman–Crippen LogP) is 2.27. The van der Waals surface area contributed by atoms with E-state index >= 15 is 0 Å². The summed E-state index contributed by atoms with van der Waals surface area (Å²) in [5, 5.41) is -1.85. The van der Waals surface area contributed by atoms with Gasteiger partial charge in [0.2, 0.25) is 0 Å². The average Bonchev–Trinajstić information content (AvgIpc) is 2.14. The van der Waals surface area contributed by atoms with Crippen molar-refractivity contribution in [1.82, 2.24) is 0 Å². The van der Waals surface area contributed by atoms with Gasteiger partial charge in [-0.15, -0.1) is 0 Å². The third-order valence-corrected chi connectivity index (χ3v) is 6.64.